The summed E-state index contributed by atoms with van der Waals surface area (Å²) >= 11 is 15.3. The second kappa shape index (κ2) is 9.28. The van der Waals surface area contributed by atoms with E-state index < -0.39 is 5.91 Å². The van der Waals surface area contributed by atoms with Crippen molar-refractivity contribution >= 4 is 51.3 Å². The van der Waals surface area contributed by atoms with Crippen molar-refractivity contribution in [3.8, 4) is 17.1 Å². The number of hydrazone groups is 1. The van der Waals surface area contributed by atoms with Crippen molar-refractivity contribution in [1.82, 2.24) is 5.43 Å². The van der Waals surface area contributed by atoms with Gasteiger partial charge in [0, 0.05) is 15.1 Å². The summed E-state index contributed by atoms with van der Waals surface area (Å²) in [7, 11) is 0. The Bertz CT molecular complexity index is 1030. The molecule has 2 aromatic carbocycles. The molecule has 1 heterocycles. The average Bonchev–Trinajstić information content (AvgIpc) is 3.09. The highest BCUT2D eigenvalue weighted by molar-refractivity contribution is 9.10. The molecule has 0 atom stereocenters. The van der Waals surface area contributed by atoms with Crippen LogP contribution in [0.15, 0.2) is 62.5 Å². The smallest absolute Gasteiger partial charge is 0.277 e. The standard InChI is InChI=1S/C20H15BrCl2N2O3/c1-12-2-5-15(16(21)8-12)18-7-4-14(28-18)10-24-25-20(26)11-27-19-6-3-13(22)9-17(19)23/h2-10H,11H2,1H3,(H,25,26)/b24-10+. The van der Waals surface area contributed by atoms with Crippen molar-refractivity contribution in [3.63, 3.8) is 0 Å². The number of furan rings is 1. The van der Waals surface area contributed by atoms with E-state index in [2.05, 4.69) is 26.5 Å². The molecule has 3 rings (SSSR count). The van der Waals surface area contributed by atoms with Gasteiger partial charge in [0.25, 0.3) is 5.91 Å². The Morgan fingerprint density at radius 3 is 2.79 bits per heavy atom. The zero-order chi connectivity index (χ0) is 20.1. The monoisotopic (exact) mass is 480 g/mol. The second-order valence-electron chi connectivity index (χ2n) is 5.84. The van der Waals surface area contributed by atoms with Gasteiger partial charge in [-0.1, -0.05) is 45.2 Å². The van der Waals surface area contributed by atoms with E-state index in [-0.39, 0.29) is 6.61 Å². The van der Waals surface area contributed by atoms with Crippen LogP contribution in [0, 0.1) is 6.92 Å². The summed E-state index contributed by atoms with van der Waals surface area (Å²) in [6, 6.07) is 14.3. The molecule has 1 N–H and O–H groups in total. The highest BCUT2D eigenvalue weighted by Gasteiger charge is 2.08. The largest absolute Gasteiger partial charge is 0.482 e. The number of benzene rings is 2. The van der Waals surface area contributed by atoms with Crippen molar-refractivity contribution in [1.29, 1.82) is 0 Å². The number of nitrogens with zero attached hydrogens (tertiary/aromatic N) is 1. The quantitative estimate of drug-likeness (QED) is 0.354. The molecular weight excluding hydrogens is 467 g/mol. The Labute approximate surface area is 180 Å². The number of amides is 1. The SMILES string of the molecule is Cc1ccc(-c2ccc(/C=N/NC(=O)COc3ccc(Cl)cc3Cl)o2)c(Br)c1. The molecule has 3 aromatic rings. The Morgan fingerprint density at radius 2 is 2.04 bits per heavy atom. The van der Waals surface area contributed by atoms with Gasteiger partial charge in [-0.2, -0.15) is 5.10 Å². The first-order valence-electron chi connectivity index (χ1n) is 8.18. The fourth-order valence-corrected chi connectivity index (χ4v) is 3.47. The van der Waals surface area contributed by atoms with Crippen molar-refractivity contribution in [3.05, 3.63) is 74.4 Å². The van der Waals surface area contributed by atoms with E-state index >= 15 is 0 Å². The third-order valence-corrected chi connectivity index (χ3v) is 4.84. The minimum Gasteiger partial charge on any atom is -0.482 e. The number of hydrogen-bond donors (Lipinski definition) is 1. The third-order valence-electron chi connectivity index (χ3n) is 3.65. The molecule has 0 bridgehead atoms. The summed E-state index contributed by atoms with van der Waals surface area (Å²) in [4.78, 5) is 11.8. The molecule has 0 unspecified atom stereocenters. The normalized spacial score (nSPS) is 11.0. The molecular formula is C20H15BrCl2N2O3. The third kappa shape index (κ3) is 5.38. The minimum atomic E-state index is -0.435. The molecule has 28 heavy (non-hydrogen) atoms. The number of rotatable bonds is 6. The maximum atomic E-state index is 11.8. The zero-order valence-electron chi connectivity index (χ0n) is 14.7. The lowest BCUT2D eigenvalue weighted by Crippen LogP contribution is -2.24. The highest BCUT2D eigenvalue weighted by atomic mass is 79.9. The van der Waals surface area contributed by atoms with Crippen LogP contribution in [0.5, 0.6) is 5.75 Å². The summed E-state index contributed by atoms with van der Waals surface area (Å²) in [5.41, 5.74) is 4.45. The molecule has 0 saturated heterocycles. The summed E-state index contributed by atoms with van der Waals surface area (Å²) in [6.07, 6.45) is 1.42. The van der Waals surface area contributed by atoms with E-state index in [0.717, 1.165) is 15.6 Å². The van der Waals surface area contributed by atoms with Crippen LogP contribution in [0.25, 0.3) is 11.3 Å². The predicted molar refractivity (Wildman–Crippen MR) is 114 cm³/mol. The molecule has 0 aliphatic rings. The fourth-order valence-electron chi connectivity index (χ4n) is 2.32. The van der Waals surface area contributed by atoms with Gasteiger partial charge in [-0.25, -0.2) is 5.43 Å². The van der Waals surface area contributed by atoms with Gasteiger partial charge in [-0.15, -0.1) is 0 Å². The van der Waals surface area contributed by atoms with Gasteiger partial charge >= 0.3 is 0 Å². The van der Waals surface area contributed by atoms with Crippen LogP contribution < -0.4 is 10.2 Å². The van der Waals surface area contributed by atoms with E-state index in [9.17, 15) is 4.79 Å². The number of carbonyl (C=O) groups excluding carboxylic acids is 1. The maximum Gasteiger partial charge on any atom is 0.277 e. The molecule has 0 aliphatic heterocycles. The van der Waals surface area contributed by atoms with Crippen molar-refractivity contribution in [2.45, 2.75) is 6.92 Å². The zero-order valence-corrected chi connectivity index (χ0v) is 17.8. The maximum absolute atomic E-state index is 11.8. The van der Waals surface area contributed by atoms with Gasteiger partial charge in [-0.05, 0) is 55.0 Å². The molecule has 8 heteroatoms. The second-order valence-corrected chi connectivity index (χ2v) is 7.54. The molecule has 0 saturated carbocycles. The Morgan fingerprint density at radius 1 is 1.21 bits per heavy atom. The summed E-state index contributed by atoms with van der Waals surface area (Å²) in [6.45, 7) is 1.78. The van der Waals surface area contributed by atoms with E-state index in [1.54, 1.807) is 18.2 Å². The lowest BCUT2D eigenvalue weighted by molar-refractivity contribution is -0.123. The van der Waals surface area contributed by atoms with Gasteiger partial charge in [-0.3, -0.25) is 4.79 Å². The Balaban J connectivity index is 1.54. The van der Waals surface area contributed by atoms with E-state index in [4.69, 9.17) is 32.4 Å². The van der Waals surface area contributed by atoms with E-state index in [1.807, 2.05) is 31.2 Å². The van der Waals surface area contributed by atoms with Crippen molar-refractivity contribution in [2.24, 2.45) is 5.10 Å². The Hall–Kier alpha value is -2.28. The topological polar surface area (TPSA) is 63.8 Å². The highest BCUT2D eigenvalue weighted by Crippen LogP contribution is 2.30. The molecule has 0 aliphatic carbocycles. The van der Waals surface area contributed by atoms with Crippen molar-refractivity contribution in [2.75, 3.05) is 6.61 Å². The molecule has 5 nitrogen and oxygen atoms in total. The van der Waals surface area contributed by atoms with Gasteiger partial charge in [0.05, 0.1) is 11.2 Å². The molecule has 1 amide bonds. The number of hydrogen-bond acceptors (Lipinski definition) is 4. The van der Waals surface area contributed by atoms with Gasteiger partial charge in [0.15, 0.2) is 6.61 Å². The number of aryl methyl sites for hydroxylation is 1. The fraction of sp³-hybridized carbons (Fsp3) is 0.100. The molecule has 0 fully saturated rings. The van der Waals surface area contributed by atoms with Gasteiger partial charge in [0.1, 0.15) is 17.3 Å². The van der Waals surface area contributed by atoms with Crippen LogP contribution in [0.3, 0.4) is 0 Å². The van der Waals surface area contributed by atoms with Crippen molar-refractivity contribution < 1.29 is 13.9 Å². The van der Waals surface area contributed by atoms with E-state index in [0.29, 0.717) is 27.3 Å². The number of ether oxygens (including phenoxy) is 1. The van der Waals surface area contributed by atoms with Crippen LogP contribution in [0.1, 0.15) is 11.3 Å². The van der Waals surface area contributed by atoms with Crippen LogP contribution in [-0.2, 0) is 4.79 Å². The van der Waals surface area contributed by atoms with Crippen LogP contribution >= 0.6 is 39.1 Å². The number of nitrogens with one attached hydrogen (secondary N) is 1. The molecule has 0 spiro atoms. The van der Waals surface area contributed by atoms with Gasteiger partial charge in [0.2, 0.25) is 0 Å². The van der Waals surface area contributed by atoms with Gasteiger partial charge < -0.3 is 9.15 Å². The first-order valence-corrected chi connectivity index (χ1v) is 9.73. The Kier molecular flexibility index (Phi) is 6.78. The number of carbonyl (C=O) groups is 1. The van der Waals surface area contributed by atoms with Crippen LogP contribution in [0.2, 0.25) is 10.0 Å². The molecule has 0 radical (unpaired) electrons. The lowest BCUT2D eigenvalue weighted by atomic mass is 10.1. The minimum absolute atomic E-state index is 0.238. The average molecular weight is 482 g/mol. The van der Waals surface area contributed by atoms with E-state index in [1.165, 1.54) is 12.3 Å². The predicted octanol–water partition coefficient (Wildman–Crippen LogP) is 5.85. The van der Waals surface area contributed by atoms with Crippen LogP contribution in [-0.4, -0.2) is 18.7 Å². The lowest BCUT2D eigenvalue weighted by Gasteiger charge is -2.06. The van der Waals surface area contributed by atoms with Crippen LogP contribution in [0.4, 0.5) is 0 Å². The summed E-state index contributed by atoms with van der Waals surface area (Å²) in [5, 5.41) is 4.69. The summed E-state index contributed by atoms with van der Waals surface area (Å²) < 4.78 is 12.0. The first kappa shape index (κ1) is 20.5. The number of halogens is 3. The summed E-state index contributed by atoms with van der Waals surface area (Å²) in [5.74, 6) is 1.13. The molecule has 144 valence electrons. The first-order chi connectivity index (χ1) is 13.4. The molecule has 1 aromatic heterocycles.